The van der Waals surface area contributed by atoms with E-state index in [0.29, 0.717) is 0 Å². The van der Waals surface area contributed by atoms with Crippen LogP contribution >= 0.6 is 0 Å². The highest BCUT2D eigenvalue weighted by Crippen LogP contribution is 2.45. The Balaban J connectivity index is 2.09. The number of halogens is 6. The molecule has 1 saturated heterocycles. The second kappa shape index (κ2) is 8.71. The summed E-state index contributed by atoms with van der Waals surface area (Å²) in [5.41, 5.74) is -2.18. The van der Waals surface area contributed by atoms with Crippen LogP contribution in [0.25, 0.3) is 0 Å². The average molecular weight is 461 g/mol. The number of cyclic esters (lactones) is 1. The van der Waals surface area contributed by atoms with Gasteiger partial charge in [0, 0.05) is 0 Å². The SMILES string of the molecule is CCOC(=O)CN1C(=O)OC(c2cccc(C(F)(F)F)c2)C1c1cccc(C(F)(F)F)c1. The molecule has 1 fully saturated rings. The topological polar surface area (TPSA) is 55.8 Å². The maximum atomic E-state index is 13.2. The number of rotatable bonds is 5. The van der Waals surface area contributed by atoms with Crippen LogP contribution in [-0.2, 0) is 26.6 Å². The predicted octanol–water partition coefficient (Wildman–Crippen LogP) is 5.52. The van der Waals surface area contributed by atoms with E-state index in [9.17, 15) is 35.9 Å². The molecule has 5 nitrogen and oxygen atoms in total. The van der Waals surface area contributed by atoms with Gasteiger partial charge in [0.05, 0.1) is 17.7 Å². The third kappa shape index (κ3) is 4.97. The highest BCUT2D eigenvalue weighted by molar-refractivity contribution is 5.80. The van der Waals surface area contributed by atoms with Crippen LogP contribution in [0.15, 0.2) is 48.5 Å². The van der Waals surface area contributed by atoms with Crippen LogP contribution in [0.2, 0.25) is 0 Å². The minimum Gasteiger partial charge on any atom is -0.465 e. The number of alkyl halides is 6. The number of hydrogen-bond donors (Lipinski definition) is 0. The lowest BCUT2D eigenvalue weighted by molar-refractivity contribution is -0.144. The molecule has 0 radical (unpaired) electrons. The first-order valence-electron chi connectivity index (χ1n) is 9.39. The van der Waals surface area contributed by atoms with Crippen molar-refractivity contribution in [2.24, 2.45) is 0 Å². The number of ether oxygens (including phenoxy) is 2. The third-order valence-corrected chi connectivity index (χ3v) is 4.79. The first-order valence-corrected chi connectivity index (χ1v) is 9.39. The van der Waals surface area contributed by atoms with Gasteiger partial charge >= 0.3 is 24.4 Å². The minimum absolute atomic E-state index is 0.00694. The number of carbonyl (C=O) groups is 2. The molecule has 1 aliphatic rings. The summed E-state index contributed by atoms with van der Waals surface area (Å²) in [5.74, 6) is -0.842. The third-order valence-electron chi connectivity index (χ3n) is 4.79. The Morgan fingerprint density at radius 3 is 2.03 bits per heavy atom. The largest absolute Gasteiger partial charge is 0.465 e. The molecule has 2 atom stereocenters. The Labute approximate surface area is 178 Å². The highest BCUT2D eigenvalue weighted by Gasteiger charge is 2.46. The van der Waals surface area contributed by atoms with Gasteiger partial charge in [0.1, 0.15) is 12.6 Å². The molecule has 0 spiro atoms. The second-order valence-electron chi connectivity index (χ2n) is 6.93. The fourth-order valence-corrected chi connectivity index (χ4v) is 3.42. The van der Waals surface area contributed by atoms with Crippen molar-refractivity contribution in [3.05, 3.63) is 70.8 Å². The van der Waals surface area contributed by atoms with Gasteiger partial charge in [-0.25, -0.2) is 4.79 Å². The van der Waals surface area contributed by atoms with Gasteiger partial charge in [-0.15, -0.1) is 0 Å². The van der Waals surface area contributed by atoms with E-state index in [2.05, 4.69) is 0 Å². The van der Waals surface area contributed by atoms with E-state index in [1.54, 1.807) is 0 Å². The molecule has 1 amide bonds. The van der Waals surface area contributed by atoms with E-state index >= 15 is 0 Å². The zero-order chi connectivity index (χ0) is 23.7. The molecule has 1 heterocycles. The normalized spacial score (nSPS) is 19.1. The molecule has 1 aliphatic heterocycles. The predicted molar refractivity (Wildman–Crippen MR) is 98.2 cm³/mol. The van der Waals surface area contributed by atoms with Crippen molar-refractivity contribution < 1.29 is 45.4 Å². The van der Waals surface area contributed by atoms with Crippen molar-refractivity contribution >= 4 is 12.1 Å². The van der Waals surface area contributed by atoms with Crippen LogP contribution in [0.3, 0.4) is 0 Å². The summed E-state index contributed by atoms with van der Waals surface area (Å²) >= 11 is 0. The van der Waals surface area contributed by atoms with Gasteiger partial charge in [-0.05, 0) is 42.3 Å². The lowest BCUT2D eigenvalue weighted by atomic mass is 9.93. The molecule has 0 aromatic heterocycles. The molecule has 2 aromatic carbocycles. The summed E-state index contributed by atoms with van der Waals surface area (Å²) in [7, 11) is 0. The summed E-state index contributed by atoms with van der Waals surface area (Å²) in [6.45, 7) is 0.867. The quantitative estimate of drug-likeness (QED) is 0.435. The minimum atomic E-state index is -4.70. The standard InChI is InChI=1S/C21H17F6NO4/c1-2-31-16(29)11-28-17(12-5-3-7-14(9-12)20(22,23)24)18(32-19(28)30)13-6-4-8-15(10-13)21(25,26)27/h3-10,17-18H,2,11H2,1H3. The number of hydrogen-bond acceptors (Lipinski definition) is 4. The van der Waals surface area contributed by atoms with Crippen molar-refractivity contribution in [2.45, 2.75) is 31.4 Å². The number of benzene rings is 2. The Hall–Kier alpha value is -3.24. The van der Waals surface area contributed by atoms with Crippen LogP contribution in [0, 0.1) is 0 Å². The van der Waals surface area contributed by atoms with Crippen LogP contribution in [0.4, 0.5) is 31.1 Å². The summed E-state index contributed by atoms with van der Waals surface area (Å²) in [6.07, 6.45) is -11.8. The summed E-state index contributed by atoms with van der Waals surface area (Å²) < 4.78 is 89.2. The second-order valence-corrected chi connectivity index (χ2v) is 6.93. The fraction of sp³-hybridized carbons (Fsp3) is 0.333. The van der Waals surface area contributed by atoms with Crippen LogP contribution < -0.4 is 0 Å². The maximum absolute atomic E-state index is 13.2. The molecule has 0 aliphatic carbocycles. The molecule has 172 valence electrons. The van der Waals surface area contributed by atoms with Gasteiger partial charge in [-0.2, -0.15) is 26.3 Å². The fourth-order valence-electron chi connectivity index (χ4n) is 3.42. The first kappa shape index (κ1) is 23.4. The van der Waals surface area contributed by atoms with E-state index in [1.165, 1.54) is 19.1 Å². The summed E-state index contributed by atoms with van der Waals surface area (Å²) in [5, 5.41) is 0. The average Bonchev–Trinajstić information content (AvgIpc) is 3.03. The van der Waals surface area contributed by atoms with Gasteiger partial charge < -0.3 is 9.47 Å². The van der Waals surface area contributed by atoms with Crippen molar-refractivity contribution in [3.63, 3.8) is 0 Å². The Morgan fingerprint density at radius 1 is 0.969 bits per heavy atom. The molecule has 0 bridgehead atoms. The van der Waals surface area contributed by atoms with Crippen LogP contribution in [0.1, 0.15) is 41.3 Å². The van der Waals surface area contributed by atoms with Gasteiger partial charge in [-0.3, -0.25) is 9.69 Å². The summed E-state index contributed by atoms with van der Waals surface area (Å²) in [4.78, 5) is 25.3. The molecular weight excluding hydrogens is 444 g/mol. The summed E-state index contributed by atoms with van der Waals surface area (Å²) in [6, 6.07) is 6.61. The van der Waals surface area contributed by atoms with Crippen LogP contribution in [-0.4, -0.2) is 30.1 Å². The van der Waals surface area contributed by atoms with Gasteiger partial charge in [-0.1, -0.05) is 24.3 Å². The maximum Gasteiger partial charge on any atom is 0.416 e. The number of amides is 1. The molecule has 2 unspecified atom stereocenters. The van der Waals surface area contributed by atoms with Crippen molar-refractivity contribution in [1.82, 2.24) is 4.90 Å². The zero-order valence-electron chi connectivity index (χ0n) is 16.5. The van der Waals surface area contributed by atoms with E-state index in [0.717, 1.165) is 41.3 Å². The highest BCUT2D eigenvalue weighted by atomic mass is 19.4. The van der Waals surface area contributed by atoms with Crippen molar-refractivity contribution in [2.75, 3.05) is 13.2 Å². The van der Waals surface area contributed by atoms with Gasteiger partial charge in [0.25, 0.3) is 0 Å². The van der Waals surface area contributed by atoms with E-state index < -0.39 is 54.2 Å². The Kier molecular flexibility index (Phi) is 6.38. The molecule has 32 heavy (non-hydrogen) atoms. The number of nitrogens with zero attached hydrogens (tertiary/aromatic N) is 1. The van der Waals surface area contributed by atoms with E-state index in [-0.39, 0.29) is 17.7 Å². The number of esters is 1. The van der Waals surface area contributed by atoms with Gasteiger partial charge in [0.15, 0.2) is 6.10 Å². The Morgan fingerprint density at radius 2 is 1.50 bits per heavy atom. The van der Waals surface area contributed by atoms with E-state index in [4.69, 9.17) is 9.47 Å². The monoisotopic (exact) mass is 461 g/mol. The molecule has 0 N–H and O–H groups in total. The lowest BCUT2D eigenvalue weighted by Gasteiger charge is -2.25. The van der Waals surface area contributed by atoms with Gasteiger partial charge in [0.2, 0.25) is 0 Å². The molecule has 3 rings (SSSR count). The zero-order valence-corrected chi connectivity index (χ0v) is 16.5. The Bertz CT molecular complexity index is 1000. The molecule has 11 heteroatoms. The van der Waals surface area contributed by atoms with Crippen LogP contribution in [0.5, 0.6) is 0 Å². The first-order chi connectivity index (χ1) is 14.9. The number of carbonyl (C=O) groups excluding carboxylic acids is 2. The molecular formula is C21H17F6NO4. The van der Waals surface area contributed by atoms with Crippen molar-refractivity contribution in [1.29, 1.82) is 0 Å². The van der Waals surface area contributed by atoms with E-state index in [1.807, 2.05) is 0 Å². The lowest BCUT2D eigenvalue weighted by Crippen LogP contribution is -2.34. The molecule has 0 saturated carbocycles. The smallest absolute Gasteiger partial charge is 0.416 e. The molecule has 2 aromatic rings. The van der Waals surface area contributed by atoms with Crippen molar-refractivity contribution in [3.8, 4) is 0 Å².